The van der Waals surface area contributed by atoms with Gasteiger partial charge in [0, 0.05) is 29.8 Å². The highest BCUT2D eigenvalue weighted by atomic mass is 19.1. The Balaban J connectivity index is 0.000000343. The summed E-state index contributed by atoms with van der Waals surface area (Å²) in [7, 11) is 0. The molecule has 1 saturated heterocycles. The number of carboxylic acids is 2. The summed E-state index contributed by atoms with van der Waals surface area (Å²) in [6, 6.07) is 14.2. The molecule has 1 aliphatic heterocycles. The number of nitrogens with one attached hydrogen (secondary N) is 1. The van der Waals surface area contributed by atoms with Crippen LogP contribution in [0, 0.1) is 17.1 Å². The van der Waals surface area contributed by atoms with Crippen LogP contribution in [0.4, 0.5) is 4.39 Å². The molecule has 3 rings (SSSR count). The van der Waals surface area contributed by atoms with Crippen LogP contribution in [0.2, 0.25) is 0 Å². The van der Waals surface area contributed by atoms with Crippen molar-refractivity contribution in [1.29, 1.82) is 5.26 Å². The zero-order chi connectivity index (χ0) is 21.9. The van der Waals surface area contributed by atoms with Gasteiger partial charge in [0.1, 0.15) is 5.82 Å². The van der Waals surface area contributed by atoms with Gasteiger partial charge in [0.25, 0.3) is 0 Å². The minimum Gasteiger partial charge on any atom is -0.478 e. The molecule has 1 fully saturated rings. The molecule has 8 heteroatoms. The van der Waals surface area contributed by atoms with Gasteiger partial charge in [0.15, 0.2) is 0 Å². The Hall–Kier alpha value is -3.54. The molecule has 7 nitrogen and oxygen atoms in total. The van der Waals surface area contributed by atoms with Crippen LogP contribution in [0.25, 0.3) is 11.1 Å². The van der Waals surface area contributed by atoms with E-state index in [2.05, 4.69) is 11.4 Å². The standard InChI is InChI=1S/C18H17FN2O.C4H4O4/c19-18-7-2-1-5-16(18)15-6-3-4-13(10-20)17(15)12-22-14-8-9-21-11-14;5-3(6)1-2-4(7)8/h1-7,14,21H,8-9,11-12H2;1-2H,(H,5,6)(H,7,8). The van der Waals surface area contributed by atoms with Gasteiger partial charge in [-0.1, -0.05) is 30.3 Å². The summed E-state index contributed by atoms with van der Waals surface area (Å²) in [5.41, 5.74) is 2.51. The lowest BCUT2D eigenvalue weighted by Gasteiger charge is -2.15. The van der Waals surface area contributed by atoms with Gasteiger partial charge in [-0.3, -0.25) is 0 Å². The lowest BCUT2D eigenvalue weighted by Crippen LogP contribution is -2.17. The summed E-state index contributed by atoms with van der Waals surface area (Å²) in [6.07, 6.45) is 2.23. The smallest absolute Gasteiger partial charge is 0.328 e. The molecule has 0 saturated carbocycles. The second-order valence-electron chi connectivity index (χ2n) is 6.36. The molecule has 0 aliphatic carbocycles. The second kappa shape index (κ2) is 11.5. The molecule has 1 heterocycles. The molecular weight excluding hydrogens is 391 g/mol. The molecule has 0 radical (unpaired) electrons. The van der Waals surface area contributed by atoms with Gasteiger partial charge in [-0.15, -0.1) is 0 Å². The van der Waals surface area contributed by atoms with Gasteiger partial charge in [0.05, 0.1) is 24.3 Å². The van der Waals surface area contributed by atoms with Crippen LogP contribution in [-0.2, 0) is 20.9 Å². The number of nitrogens with zero attached hydrogens (tertiary/aromatic N) is 1. The fraction of sp³-hybridized carbons (Fsp3) is 0.227. The minimum atomic E-state index is -1.26. The monoisotopic (exact) mass is 412 g/mol. The maximum Gasteiger partial charge on any atom is 0.328 e. The first-order valence-electron chi connectivity index (χ1n) is 9.15. The van der Waals surface area contributed by atoms with Crippen LogP contribution < -0.4 is 5.32 Å². The molecule has 2 aromatic rings. The van der Waals surface area contributed by atoms with E-state index < -0.39 is 11.9 Å². The van der Waals surface area contributed by atoms with Crippen molar-refractivity contribution in [3.63, 3.8) is 0 Å². The van der Waals surface area contributed by atoms with E-state index in [0.717, 1.165) is 30.6 Å². The zero-order valence-electron chi connectivity index (χ0n) is 16.0. The van der Waals surface area contributed by atoms with Crippen molar-refractivity contribution in [2.45, 2.75) is 19.1 Å². The molecular formula is C22H21FN2O5. The maximum absolute atomic E-state index is 14.1. The van der Waals surface area contributed by atoms with Gasteiger partial charge >= 0.3 is 11.9 Å². The Morgan fingerprint density at radius 2 is 1.80 bits per heavy atom. The van der Waals surface area contributed by atoms with Gasteiger partial charge in [0.2, 0.25) is 0 Å². The van der Waals surface area contributed by atoms with E-state index >= 15 is 0 Å². The number of aliphatic carboxylic acids is 2. The molecule has 0 aromatic heterocycles. The van der Waals surface area contributed by atoms with Crippen molar-refractivity contribution >= 4 is 11.9 Å². The predicted octanol–water partition coefficient (Wildman–Crippen LogP) is 2.95. The molecule has 3 N–H and O–H groups in total. The first-order valence-corrected chi connectivity index (χ1v) is 9.15. The molecule has 1 atom stereocenters. The van der Waals surface area contributed by atoms with Gasteiger partial charge in [-0.25, -0.2) is 14.0 Å². The second-order valence-corrected chi connectivity index (χ2v) is 6.36. The third kappa shape index (κ3) is 6.81. The molecule has 0 spiro atoms. The van der Waals surface area contributed by atoms with E-state index in [1.54, 1.807) is 30.3 Å². The van der Waals surface area contributed by atoms with Crippen LogP contribution in [0.3, 0.4) is 0 Å². The molecule has 1 aliphatic rings. The predicted molar refractivity (Wildman–Crippen MR) is 107 cm³/mol. The molecule has 2 aromatic carbocycles. The molecule has 0 bridgehead atoms. The lowest BCUT2D eigenvalue weighted by atomic mass is 9.96. The third-order valence-electron chi connectivity index (χ3n) is 4.31. The van der Waals surface area contributed by atoms with E-state index in [9.17, 15) is 19.2 Å². The lowest BCUT2D eigenvalue weighted by molar-refractivity contribution is -0.134. The van der Waals surface area contributed by atoms with E-state index in [1.165, 1.54) is 6.07 Å². The largest absolute Gasteiger partial charge is 0.478 e. The van der Waals surface area contributed by atoms with Crippen LogP contribution in [-0.4, -0.2) is 41.3 Å². The van der Waals surface area contributed by atoms with E-state index in [0.29, 0.717) is 29.9 Å². The van der Waals surface area contributed by atoms with Crippen molar-refractivity contribution in [1.82, 2.24) is 5.32 Å². The number of benzene rings is 2. The number of nitriles is 1. The quantitative estimate of drug-likeness (QED) is 0.624. The minimum absolute atomic E-state index is 0.153. The highest BCUT2D eigenvalue weighted by molar-refractivity contribution is 5.89. The van der Waals surface area contributed by atoms with E-state index in [4.69, 9.17) is 14.9 Å². The summed E-state index contributed by atoms with van der Waals surface area (Å²) in [5, 5.41) is 28.2. The van der Waals surface area contributed by atoms with Crippen molar-refractivity contribution in [3.05, 3.63) is 71.6 Å². The normalized spacial score (nSPS) is 15.3. The van der Waals surface area contributed by atoms with Crippen LogP contribution in [0.5, 0.6) is 0 Å². The molecule has 1 unspecified atom stereocenters. The number of ether oxygens (including phenoxy) is 1. The van der Waals surface area contributed by atoms with Gasteiger partial charge in [-0.05, 0) is 30.7 Å². The number of hydrogen-bond acceptors (Lipinski definition) is 5. The molecule has 30 heavy (non-hydrogen) atoms. The summed E-state index contributed by atoms with van der Waals surface area (Å²) < 4.78 is 20.0. The number of carboxylic acid groups (broad SMARTS) is 2. The Morgan fingerprint density at radius 1 is 1.13 bits per heavy atom. The fourth-order valence-corrected chi connectivity index (χ4v) is 2.89. The third-order valence-corrected chi connectivity index (χ3v) is 4.31. The van der Waals surface area contributed by atoms with E-state index in [1.807, 2.05) is 6.07 Å². The van der Waals surface area contributed by atoms with E-state index in [-0.39, 0.29) is 11.9 Å². The van der Waals surface area contributed by atoms with Crippen molar-refractivity contribution in [2.75, 3.05) is 13.1 Å². The van der Waals surface area contributed by atoms with Gasteiger partial charge in [-0.2, -0.15) is 5.26 Å². The topological polar surface area (TPSA) is 120 Å². The SMILES string of the molecule is N#Cc1cccc(-c2ccccc2F)c1COC1CCNC1.O=C(O)C=CC(=O)O. The van der Waals surface area contributed by atoms with Crippen LogP contribution >= 0.6 is 0 Å². The number of carbonyl (C=O) groups is 2. The first kappa shape index (κ1) is 22.7. The average Bonchev–Trinajstić information content (AvgIpc) is 3.25. The van der Waals surface area contributed by atoms with Crippen molar-refractivity contribution in [2.24, 2.45) is 0 Å². The molecule has 0 amide bonds. The fourth-order valence-electron chi connectivity index (χ4n) is 2.89. The first-order chi connectivity index (χ1) is 14.4. The van der Waals surface area contributed by atoms with Gasteiger partial charge < -0.3 is 20.3 Å². The summed E-state index contributed by atoms with van der Waals surface area (Å²) >= 11 is 0. The van der Waals surface area contributed by atoms with Crippen molar-refractivity contribution in [3.8, 4) is 17.2 Å². The summed E-state index contributed by atoms with van der Waals surface area (Å²) in [5.74, 6) is -2.80. The number of hydrogen-bond donors (Lipinski definition) is 3. The zero-order valence-corrected chi connectivity index (χ0v) is 16.0. The Labute approximate surface area is 173 Å². The molecule has 156 valence electrons. The van der Waals surface area contributed by atoms with Crippen LogP contribution in [0.15, 0.2) is 54.6 Å². The highest BCUT2D eigenvalue weighted by Crippen LogP contribution is 2.29. The average molecular weight is 412 g/mol. The summed E-state index contributed by atoms with van der Waals surface area (Å²) in [6.45, 7) is 2.09. The van der Waals surface area contributed by atoms with Crippen molar-refractivity contribution < 1.29 is 28.9 Å². The Bertz CT molecular complexity index is 946. The van der Waals surface area contributed by atoms with Crippen LogP contribution in [0.1, 0.15) is 17.5 Å². The number of halogens is 1. The maximum atomic E-state index is 14.1. The Kier molecular flexibility index (Phi) is 8.69. The highest BCUT2D eigenvalue weighted by Gasteiger charge is 2.18. The summed E-state index contributed by atoms with van der Waals surface area (Å²) in [4.78, 5) is 19.1. The Morgan fingerprint density at radius 3 is 2.37 bits per heavy atom. The number of rotatable bonds is 6.